The molecule has 38 heteroatoms. The Labute approximate surface area is 924 Å². The van der Waals surface area contributed by atoms with E-state index in [1.807, 2.05) is 104 Å². The molecule has 774 valence electrons. The molecule has 7 aromatic carbocycles. The third kappa shape index (κ3) is 28.9. The van der Waals surface area contributed by atoms with Crippen molar-refractivity contribution in [3.8, 4) is 102 Å². The summed E-state index contributed by atoms with van der Waals surface area (Å²) in [5, 5.41) is 26.5. The van der Waals surface area contributed by atoms with Crippen molar-refractivity contribution < 1.29 is 191 Å². The van der Waals surface area contributed by atoms with E-state index in [9.17, 15) is 71.1 Å². The van der Waals surface area contributed by atoms with Crippen LogP contribution in [-0.4, -0.2) is 82.6 Å². The molecule has 0 saturated heterocycles. The van der Waals surface area contributed by atoms with Gasteiger partial charge in [-0.05, 0) is 188 Å². The molecule has 18 aromatic rings. The van der Waals surface area contributed by atoms with E-state index < -0.39 is 121 Å². The first kappa shape index (κ1) is 119. The number of rotatable bonds is 20. The van der Waals surface area contributed by atoms with Crippen molar-refractivity contribution in [3.63, 3.8) is 0 Å². The minimum Gasteiger partial charge on any atom is -0.574 e. The first-order valence-electron chi connectivity index (χ1n) is 43.7. The second-order valence-corrected chi connectivity index (χ2v) is 34.4. The molecule has 11 aromatic heterocycles. The molecule has 0 amide bonds. The van der Waals surface area contributed by atoms with Crippen LogP contribution in [0.25, 0.3) is 95.0 Å². The van der Waals surface area contributed by atoms with E-state index in [0.717, 1.165) is 95.9 Å². The molecule has 0 bridgehead atoms. The van der Waals surface area contributed by atoms with E-state index >= 15 is 0 Å². The molecular formula is C112H76F14N14O5Pt5-2. The quantitative estimate of drug-likeness (QED) is 0.0532. The van der Waals surface area contributed by atoms with Crippen LogP contribution in [0.2, 0.25) is 0 Å². The molecule has 0 spiro atoms. The number of aromatic carboxylic acids is 2. The average Bonchev–Trinajstić information content (AvgIpc) is 0.891. The number of carbonyl (C=O) groups is 2. The van der Waals surface area contributed by atoms with Crippen LogP contribution < -0.4 is 14.7 Å². The monoisotopic (exact) mass is 2940 g/mol. The number of halogens is 14. The SMILES string of the molecule is CC(C)(C)N(c1cccc(-c2[c-]cc(F)cc2F)n1)c1cccc(-c2[c-]cc(F)cc2F)n1.CC(C)(c1cccc(C(=O)O)n1)c1cccc(-c2[c-]cc(F)cc2F)n1.Cc1cc(-c2cccc(C(C)(C)c3cccc(-c4[c-]cc(F)cc4F)n3)n2)[n-]n1.Fc1c[c-]c(-c2cccc(Oc3cccc(-c4[c-]cc(F)cc4F)n3)n2)c(F)c1.[C-]#[N+]c1c(F)c[c-]c(-c2cccc(C(C)(C)c3cccc(C(=O)O)n3)n2)c1F.[Pt+2].[Pt+2].[Pt+2].[Pt].[Pt]. The molecule has 11 heterocycles. The van der Waals surface area contributed by atoms with Crippen molar-refractivity contribution in [2.45, 2.75) is 91.0 Å². The minimum absolute atomic E-state index is 0. The van der Waals surface area contributed by atoms with Gasteiger partial charge in [0.25, 0.3) is 0 Å². The molecule has 0 fully saturated rings. The number of ether oxygens (including phenoxy) is 1. The van der Waals surface area contributed by atoms with Crippen LogP contribution in [0.5, 0.6) is 11.8 Å². The van der Waals surface area contributed by atoms with Gasteiger partial charge in [-0.15, -0.1) is 90.5 Å². The molecule has 19 nitrogen and oxygen atoms in total. The van der Waals surface area contributed by atoms with Gasteiger partial charge in [-0.2, -0.15) is 0 Å². The predicted octanol–water partition coefficient (Wildman–Crippen LogP) is 26.6. The second kappa shape index (κ2) is 51.8. The van der Waals surface area contributed by atoms with Crippen molar-refractivity contribution in [1.82, 2.24) is 60.0 Å². The summed E-state index contributed by atoms with van der Waals surface area (Å²) in [6, 6.07) is 81.2. The smallest absolute Gasteiger partial charge is 0.574 e. The second-order valence-electron chi connectivity index (χ2n) is 34.4. The third-order valence-corrected chi connectivity index (χ3v) is 22.0. The number of carboxylic acids is 2. The van der Waals surface area contributed by atoms with E-state index in [-0.39, 0.29) is 196 Å². The minimum atomic E-state index is -1.14. The molecular weight excluding hydrogens is 2860 g/mol. The van der Waals surface area contributed by atoms with E-state index in [2.05, 4.69) is 102 Å². The van der Waals surface area contributed by atoms with Crippen molar-refractivity contribution in [1.29, 1.82) is 0 Å². The molecule has 0 aliphatic rings. The third-order valence-electron chi connectivity index (χ3n) is 22.0. The summed E-state index contributed by atoms with van der Waals surface area (Å²) in [4.78, 5) is 71.2. The Bertz CT molecular complexity index is 7780. The van der Waals surface area contributed by atoms with E-state index in [1.165, 1.54) is 42.5 Å². The van der Waals surface area contributed by atoms with Crippen molar-refractivity contribution >= 4 is 29.3 Å². The fourth-order valence-electron chi connectivity index (χ4n) is 14.5. The van der Waals surface area contributed by atoms with Gasteiger partial charge < -0.3 is 45.0 Å². The fraction of sp³-hybridized carbons (Fsp3) is 0.125. The van der Waals surface area contributed by atoms with Crippen LogP contribution in [0.1, 0.15) is 123 Å². The van der Waals surface area contributed by atoms with Crippen LogP contribution in [0.3, 0.4) is 0 Å². The Balaban J connectivity index is 0.000000207. The van der Waals surface area contributed by atoms with E-state index in [0.29, 0.717) is 57.2 Å². The maximum absolute atomic E-state index is 14.5. The number of anilines is 2. The predicted molar refractivity (Wildman–Crippen MR) is 512 cm³/mol. The van der Waals surface area contributed by atoms with Crippen molar-refractivity contribution in [3.05, 3.63) is 453 Å². The van der Waals surface area contributed by atoms with Gasteiger partial charge in [-0.25, -0.2) is 19.6 Å². The summed E-state index contributed by atoms with van der Waals surface area (Å²) in [6.07, 6.45) is 0. The van der Waals surface area contributed by atoms with Crippen LogP contribution in [0.15, 0.2) is 267 Å². The Hall–Kier alpha value is -14.3. The van der Waals surface area contributed by atoms with Crippen LogP contribution in [0, 0.1) is 137 Å². The number of benzene rings is 7. The maximum Gasteiger partial charge on any atom is 2.00 e. The molecule has 18 rings (SSSR count). The Morgan fingerprint density at radius 2 is 0.580 bits per heavy atom. The summed E-state index contributed by atoms with van der Waals surface area (Å²) in [5.41, 5.74) is 4.30. The largest absolute Gasteiger partial charge is 2.00 e. The Morgan fingerprint density at radius 3 is 0.860 bits per heavy atom. The van der Waals surface area contributed by atoms with E-state index in [1.54, 1.807) is 115 Å². The Morgan fingerprint density at radius 1 is 0.327 bits per heavy atom. The van der Waals surface area contributed by atoms with Crippen LogP contribution >= 0.6 is 0 Å². The number of aryl methyl sites for hydroxylation is 1. The topological polar surface area (TPSA) is 247 Å². The molecule has 150 heavy (non-hydrogen) atoms. The number of aromatic nitrogens is 12. The molecule has 0 aliphatic heterocycles. The van der Waals surface area contributed by atoms with Crippen molar-refractivity contribution in [2.75, 3.05) is 4.90 Å². The zero-order valence-electron chi connectivity index (χ0n) is 79.7. The number of pyridine rings is 10. The number of hydrogen-bond donors (Lipinski definition) is 2. The zero-order valence-corrected chi connectivity index (χ0v) is 91.0. The zero-order chi connectivity index (χ0) is 104. The summed E-state index contributed by atoms with van der Waals surface area (Å²) < 4.78 is 198. The Kier molecular flexibility index (Phi) is 41.2. The normalized spacial score (nSPS) is 10.9. The fourth-order valence-corrected chi connectivity index (χ4v) is 14.5. The molecule has 2 N–H and O–H groups in total. The summed E-state index contributed by atoms with van der Waals surface area (Å²) in [6.45, 7) is 25.9. The van der Waals surface area contributed by atoms with Gasteiger partial charge in [0.05, 0.1) is 23.7 Å². The molecule has 0 atom stereocenters. The molecule has 0 radical (unpaired) electrons. The molecule has 0 aliphatic carbocycles. The summed E-state index contributed by atoms with van der Waals surface area (Å²) in [7, 11) is 0. The first-order chi connectivity index (χ1) is 69.0. The average molecular weight is 2940 g/mol. The number of hydrogen-bond acceptors (Lipinski definition) is 15. The van der Waals surface area contributed by atoms with E-state index in [4.69, 9.17) is 26.5 Å². The summed E-state index contributed by atoms with van der Waals surface area (Å²) >= 11 is 0. The first-order valence-corrected chi connectivity index (χ1v) is 43.7. The maximum atomic E-state index is 14.5. The van der Waals surface area contributed by atoms with Gasteiger partial charge in [0.1, 0.15) is 23.0 Å². The molecule has 0 unspecified atom stereocenters. The van der Waals surface area contributed by atoms with Gasteiger partial charge in [-0.1, -0.05) is 185 Å². The standard InChI is InChI=1S/C26H19F4N3.C23H18F2N4.C22H10F4N2O.C21H14F2N3O2.C20H15F2N2O2.5Pt/c1-26(2,3)33(24-8-4-6-22(31-24)18-12-10-16(27)14-20(18)29)25-9-5-7-23(32-25)19-13-11-17(28)15-21(19)30;1-14-12-20(29-28-14)19-7-5-9-22(27-19)23(2,3)21-8-4-6-18(26-21)16-11-10-15(24)13-17(16)25;23-13-7-9-15(17(25)11-13)19-3-1-5-21(27-19)29-22-6-2-4-20(28-22)16-10-8-14(24)12-18(16)26;1-21(2,17-9-5-7-15(26-17)20(27)28)16-8-4-6-14(25-16)12-10-11-13(22)19(24-3)18(12)23;1-20(2,18-8-4-6-16(24-18)19(25)26)17-7-3-5-15(23-17)13-10-9-12(21)11-14(13)22;;;;;/h4-11,14-15H,1-3H3;4-10,12-13H,1-3H3;1-8,11-12H;4-9,11H,1-2H3,(H,27,28);3-9,11H,1-2H3,(H,25,26);;;;;/q3*-2;2*-1;;;3*+2. The van der Waals surface area contributed by atoms with Crippen LogP contribution in [-0.2, 0) is 122 Å². The van der Waals surface area contributed by atoms with Crippen molar-refractivity contribution in [2.24, 2.45) is 0 Å². The summed E-state index contributed by atoms with van der Waals surface area (Å²) in [5.74, 6) is -12.1. The van der Waals surface area contributed by atoms with Gasteiger partial charge in [0.2, 0.25) is 11.8 Å². The van der Waals surface area contributed by atoms with Gasteiger partial charge in [-0.3, -0.25) is 91.2 Å². The molecule has 0 saturated carbocycles. The number of carboxylic acid groups (broad SMARTS) is 2. The van der Waals surface area contributed by atoms with Gasteiger partial charge in [0, 0.05) is 174 Å². The number of nitrogens with zero attached hydrogens (tertiary/aromatic N) is 14. The van der Waals surface area contributed by atoms with Crippen LogP contribution in [0.4, 0.5) is 78.8 Å². The van der Waals surface area contributed by atoms with Gasteiger partial charge >= 0.3 is 75.1 Å². The van der Waals surface area contributed by atoms with Gasteiger partial charge in [0.15, 0.2) is 5.69 Å².